The van der Waals surface area contributed by atoms with E-state index in [0.29, 0.717) is 25.0 Å². The predicted octanol–water partition coefficient (Wildman–Crippen LogP) is 6.22. The Kier molecular flexibility index (Phi) is 8.56. The van der Waals surface area contributed by atoms with Crippen LogP contribution in [0.2, 0.25) is 0 Å². The van der Waals surface area contributed by atoms with Crippen molar-refractivity contribution in [2.45, 2.75) is 26.3 Å². The first kappa shape index (κ1) is 29.4. The fourth-order valence-corrected chi connectivity index (χ4v) is 6.99. The Morgan fingerprint density at radius 2 is 1.91 bits per heavy atom. The van der Waals surface area contributed by atoms with Crippen LogP contribution in [0, 0.1) is 0 Å². The maximum atomic E-state index is 5.74. The molecule has 222 valence electrons. The van der Waals surface area contributed by atoms with Gasteiger partial charge < -0.3 is 20.3 Å². The lowest BCUT2D eigenvalue weighted by Gasteiger charge is -2.37. The first-order valence-corrected chi connectivity index (χ1v) is 17.3. The summed E-state index contributed by atoms with van der Waals surface area (Å²) in [5.41, 5.74) is 8.26. The van der Waals surface area contributed by atoms with Crippen molar-refractivity contribution in [2.75, 3.05) is 48.6 Å². The van der Waals surface area contributed by atoms with E-state index in [1.165, 1.54) is 11.3 Å². The van der Waals surface area contributed by atoms with Crippen molar-refractivity contribution in [1.29, 1.82) is 0 Å². The number of fused-ring (bicyclic) bond motifs is 1. The Morgan fingerprint density at radius 1 is 1.07 bits per heavy atom. The van der Waals surface area contributed by atoms with E-state index in [0.717, 1.165) is 56.3 Å². The van der Waals surface area contributed by atoms with Crippen LogP contribution in [0.3, 0.4) is 0 Å². The van der Waals surface area contributed by atoms with Gasteiger partial charge >= 0.3 is 0 Å². The molecule has 4 heterocycles. The van der Waals surface area contributed by atoms with Crippen molar-refractivity contribution in [1.82, 2.24) is 29.7 Å². The molecule has 0 unspecified atom stereocenters. The number of aryl methyl sites for hydroxylation is 2. The van der Waals surface area contributed by atoms with Gasteiger partial charge in [-0.2, -0.15) is 10.1 Å². The van der Waals surface area contributed by atoms with Crippen LogP contribution in [0.1, 0.15) is 19.4 Å². The molecule has 0 saturated carbocycles. The van der Waals surface area contributed by atoms with Crippen molar-refractivity contribution >= 4 is 69.0 Å². The number of ether oxygens (including phenoxy) is 1. The van der Waals surface area contributed by atoms with E-state index in [1.807, 2.05) is 24.0 Å². The quantitative estimate of drug-likeness (QED) is 0.188. The van der Waals surface area contributed by atoms with Crippen LogP contribution in [0.15, 0.2) is 59.7 Å². The zero-order valence-electron chi connectivity index (χ0n) is 25.0. The molecule has 3 aromatic heterocycles. The zero-order chi connectivity index (χ0) is 30.1. The number of nitrogens with one attached hydrogen (secondary N) is 2. The summed E-state index contributed by atoms with van der Waals surface area (Å²) in [6.45, 7) is 11.1. The average molecular weight is 661 g/mol. The van der Waals surface area contributed by atoms with E-state index < -0.39 is 7.92 Å². The maximum Gasteiger partial charge on any atom is 0.229 e. The summed E-state index contributed by atoms with van der Waals surface area (Å²) in [6.07, 6.45) is 10.1. The van der Waals surface area contributed by atoms with Crippen LogP contribution in [0.25, 0.3) is 22.2 Å². The second kappa shape index (κ2) is 12.5. The predicted molar refractivity (Wildman–Crippen MR) is 180 cm³/mol. The molecule has 6 rings (SSSR count). The number of aromatic nitrogens is 6. The Hall–Kier alpha value is -3.66. The average Bonchev–Trinajstić information content (AvgIpc) is 3.44. The molecule has 1 aliphatic heterocycles. The van der Waals surface area contributed by atoms with E-state index in [2.05, 4.69) is 103 Å². The number of halogens is 1. The standard InChI is InChI=1S/C31H35BrN9OP/c1-6-20-13-27(41-11-12-42-18-19(41)2)22(21-15-36-40(3)17-21)14-26(20)38-31-35-16-23(32)30(39-31)37-25-8-7-24-28(29(25)43(4)5)34-10-9-33-24/h7-10,13-17,19H,6,11-12,18H2,1-5H3,(H2,35,37,38,39)/t19-/m1/s1. The number of morpholine rings is 1. The third kappa shape index (κ3) is 6.07. The smallest absolute Gasteiger partial charge is 0.229 e. The highest BCUT2D eigenvalue weighted by Gasteiger charge is 2.24. The molecule has 12 heteroatoms. The summed E-state index contributed by atoms with van der Waals surface area (Å²) in [6, 6.07) is 8.81. The lowest BCUT2D eigenvalue weighted by Crippen LogP contribution is -2.44. The fraction of sp³-hybridized carbons (Fsp3) is 0.323. The first-order valence-electron chi connectivity index (χ1n) is 14.3. The summed E-state index contributed by atoms with van der Waals surface area (Å²) in [4.78, 5) is 21.1. The second-order valence-electron chi connectivity index (χ2n) is 10.8. The van der Waals surface area contributed by atoms with Gasteiger partial charge in [-0.1, -0.05) is 14.8 Å². The van der Waals surface area contributed by atoms with Gasteiger partial charge in [0.15, 0.2) is 0 Å². The molecule has 0 bridgehead atoms. The zero-order valence-corrected chi connectivity index (χ0v) is 27.4. The number of hydrogen-bond donors (Lipinski definition) is 2. The van der Waals surface area contributed by atoms with Gasteiger partial charge in [-0.05, 0) is 72.4 Å². The minimum Gasteiger partial charge on any atom is -0.377 e. The molecule has 0 spiro atoms. The largest absolute Gasteiger partial charge is 0.377 e. The lowest BCUT2D eigenvalue weighted by atomic mass is 9.98. The van der Waals surface area contributed by atoms with Crippen LogP contribution in [0.4, 0.5) is 28.8 Å². The van der Waals surface area contributed by atoms with Crippen molar-refractivity contribution in [2.24, 2.45) is 7.05 Å². The maximum absolute atomic E-state index is 5.74. The summed E-state index contributed by atoms with van der Waals surface area (Å²) in [5, 5.41) is 12.7. The molecule has 2 N–H and O–H groups in total. The molecule has 0 radical (unpaired) electrons. The third-order valence-corrected chi connectivity index (χ3v) is 9.53. The highest BCUT2D eigenvalue weighted by atomic mass is 79.9. The van der Waals surface area contributed by atoms with Gasteiger partial charge in [-0.25, -0.2) is 4.98 Å². The van der Waals surface area contributed by atoms with Gasteiger partial charge in [-0.3, -0.25) is 14.6 Å². The normalized spacial score (nSPS) is 15.3. The highest BCUT2D eigenvalue weighted by molar-refractivity contribution is 9.10. The monoisotopic (exact) mass is 659 g/mol. The van der Waals surface area contributed by atoms with Crippen LogP contribution in [-0.4, -0.2) is 68.8 Å². The van der Waals surface area contributed by atoms with Gasteiger partial charge in [-0.15, -0.1) is 0 Å². The number of hydrogen-bond acceptors (Lipinski definition) is 9. The topological polar surface area (TPSA) is 106 Å². The molecule has 1 atom stereocenters. The molecule has 0 aliphatic carbocycles. The summed E-state index contributed by atoms with van der Waals surface area (Å²) in [7, 11) is 1.47. The Labute approximate surface area is 261 Å². The van der Waals surface area contributed by atoms with Crippen molar-refractivity contribution in [3.05, 3.63) is 65.3 Å². The van der Waals surface area contributed by atoms with Gasteiger partial charge in [0, 0.05) is 77.9 Å². The highest BCUT2D eigenvalue weighted by Crippen LogP contribution is 2.39. The molecular formula is C31H35BrN9OP. The van der Waals surface area contributed by atoms with Crippen LogP contribution < -0.4 is 20.8 Å². The van der Waals surface area contributed by atoms with Gasteiger partial charge in [0.25, 0.3) is 0 Å². The van der Waals surface area contributed by atoms with Crippen molar-refractivity contribution in [3.63, 3.8) is 0 Å². The lowest BCUT2D eigenvalue weighted by molar-refractivity contribution is 0.0990. The van der Waals surface area contributed by atoms with Crippen molar-refractivity contribution in [3.8, 4) is 11.1 Å². The fourth-order valence-electron chi connectivity index (χ4n) is 5.49. The number of rotatable bonds is 8. The molecule has 43 heavy (non-hydrogen) atoms. The summed E-state index contributed by atoms with van der Waals surface area (Å²) >= 11 is 3.65. The number of benzene rings is 2. The van der Waals surface area contributed by atoms with E-state index in [4.69, 9.17) is 9.72 Å². The molecule has 1 saturated heterocycles. The molecule has 1 fully saturated rings. The van der Waals surface area contributed by atoms with Gasteiger partial charge in [0.05, 0.1) is 34.9 Å². The van der Waals surface area contributed by atoms with Crippen LogP contribution in [0.5, 0.6) is 0 Å². The number of anilines is 5. The van der Waals surface area contributed by atoms with Gasteiger partial charge in [0.1, 0.15) is 5.82 Å². The van der Waals surface area contributed by atoms with Crippen molar-refractivity contribution < 1.29 is 4.74 Å². The summed E-state index contributed by atoms with van der Waals surface area (Å²) in [5.74, 6) is 1.17. The summed E-state index contributed by atoms with van der Waals surface area (Å²) < 4.78 is 8.35. The van der Waals surface area contributed by atoms with Gasteiger partial charge in [0.2, 0.25) is 5.95 Å². The Bertz CT molecular complexity index is 1780. The SMILES string of the molecule is CCc1cc(N2CCOC[C@H]2C)c(-c2cnn(C)c2)cc1Nc1ncc(Br)c(Nc2ccc3nccnc3c2P(C)C)n1. The van der Waals surface area contributed by atoms with E-state index >= 15 is 0 Å². The Morgan fingerprint density at radius 3 is 2.65 bits per heavy atom. The van der Waals surface area contributed by atoms with E-state index in [9.17, 15) is 0 Å². The van der Waals surface area contributed by atoms with E-state index in [-0.39, 0.29) is 6.04 Å². The second-order valence-corrected chi connectivity index (χ2v) is 13.9. The minimum atomic E-state index is -0.470. The minimum absolute atomic E-state index is 0.273. The third-order valence-electron chi connectivity index (χ3n) is 7.60. The molecule has 10 nitrogen and oxygen atoms in total. The molecule has 5 aromatic rings. The first-order chi connectivity index (χ1) is 20.8. The van der Waals surface area contributed by atoms with Crippen LogP contribution >= 0.6 is 23.9 Å². The molecular weight excluding hydrogens is 625 g/mol. The van der Waals surface area contributed by atoms with E-state index in [1.54, 1.807) is 18.6 Å². The molecule has 1 aliphatic rings. The van der Waals surface area contributed by atoms with Crippen LogP contribution in [-0.2, 0) is 18.2 Å². The molecule has 0 amide bonds. The number of nitrogens with zero attached hydrogens (tertiary/aromatic N) is 7. The Balaban J connectivity index is 1.38. The molecule has 2 aromatic carbocycles.